The van der Waals surface area contributed by atoms with Gasteiger partial charge in [0.15, 0.2) is 0 Å². The van der Waals surface area contributed by atoms with E-state index in [1.807, 2.05) is 25.1 Å². The van der Waals surface area contributed by atoms with Crippen molar-refractivity contribution < 1.29 is 13.2 Å². The number of hydrogen-bond acceptors (Lipinski definition) is 6. The first-order chi connectivity index (χ1) is 12.0. The molecule has 25 heavy (non-hydrogen) atoms. The summed E-state index contributed by atoms with van der Waals surface area (Å²) >= 11 is 1.58. The Hall–Kier alpha value is -1.90. The van der Waals surface area contributed by atoms with Gasteiger partial charge in [0.1, 0.15) is 0 Å². The molecule has 0 unspecified atom stereocenters. The number of sulfonamides is 1. The van der Waals surface area contributed by atoms with E-state index in [1.54, 1.807) is 30.4 Å². The highest BCUT2D eigenvalue weighted by atomic mass is 32.2. The lowest BCUT2D eigenvalue weighted by Gasteiger charge is -2.27. The second kappa shape index (κ2) is 7.55. The van der Waals surface area contributed by atoms with Gasteiger partial charge in [-0.3, -0.25) is 0 Å². The van der Waals surface area contributed by atoms with Crippen molar-refractivity contribution >= 4 is 32.6 Å². The molecule has 6 nitrogen and oxygen atoms in total. The number of rotatable bonds is 5. The van der Waals surface area contributed by atoms with Gasteiger partial charge in [0, 0.05) is 18.0 Å². The number of thiophene rings is 1. The number of anilines is 1. The Bertz CT molecular complexity index is 869. The normalized spacial score (nSPS) is 15.7. The highest BCUT2D eigenvalue weighted by Gasteiger charge is 2.16. The predicted molar refractivity (Wildman–Crippen MR) is 101 cm³/mol. The smallest absolute Gasteiger partial charge is 0.276 e. The average Bonchev–Trinajstić information content (AvgIpc) is 3.06. The van der Waals surface area contributed by atoms with Crippen molar-refractivity contribution in [1.29, 1.82) is 0 Å². The van der Waals surface area contributed by atoms with E-state index in [9.17, 15) is 8.42 Å². The highest BCUT2D eigenvalue weighted by Crippen LogP contribution is 2.25. The van der Waals surface area contributed by atoms with Crippen LogP contribution in [0.25, 0.3) is 0 Å². The molecule has 1 aliphatic heterocycles. The Balaban J connectivity index is 1.68. The van der Waals surface area contributed by atoms with Gasteiger partial charge in [0.05, 0.1) is 29.3 Å². The zero-order valence-electron chi connectivity index (χ0n) is 14.2. The molecule has 134 valence electrons. The molecule has 2 heterocycles. The van der Waals surface area contributed by atoms with Crippen LogP contribution < -0.4 is 9.73 Å². The summed E-state index contributed by atoms with van der Waals surface area (Å²) in [7, 11) is -3.67. The van der Waals surface area contributed by atoms with Gasteiger partial charge in [-0.1, -0.05) is 12.1 Å². The van der Waals surface area contributed by atoms with Gasteiger partial charge in [-0.05, 0) is 43.2 Å². The van der Waals surface area contributed by atoms with Gasteiger partial charge in [0.2, 0.25) is 0 Å². The number of ether oxygens (including phenoxy) is 1. The molecule has 0 aliphatic carbocycles. The number of nitrogens with one attached hydrogen (secondary N) is 1. The molecule has 1 aromatic heterocycles. The van der Waals surface area contributed by atoms with Gasteiger partial charge in [-0.15, -0.1) is 11.3 Å². The van der Waals surface area contributed by atoms with E-state index in [2.05, 4.69) is 14.8 Å². The quantitative estimate of drug-likeness (QED) is 0.640. The SMILES string of the molecule is Cc1ccc(C)c(S(=O)(=O)N/N=C/c2ccc(N3CCOCC3)s2)c1. The summed E-state index contributed by atoms with van der Waals surface area (Å²) < 4.78 is 30.2. The third-order valence-corrected chi connectivity index (χ3v) is 6.38. The van der Waals surface area contributed by atoms with Gasteiger partial charge in [-0.25, -0.2) is 4.83 Å². The van der Waals surface area contributed by atoms with Crippen molar-refractivity contribution in [2.45, 2.75) is 18.7 Å². The van der Waals surface area contributed by atoms with E-state index < -0.39 is 10.0 Å². The van der Waals surface area contributed by atoms with E-state index in [0.717, 1.165) is 41.7 Å². The summed E-state index contributed by atoms with van der Waals surface area (Å²) in [5, 5.41) is 5.06. The molecule has 0 amide bonds. The van der Waals surface area contributed by atoms with Gasteiger partial charge in [0.25, 0.3) is 10.0 Å². The molecule has 0 atom stereocenters. The largest absolute Gasteiger partial charge is 0.378 e. The lowest BCUT2D eigenvalue weighted by Crippen LogP contribution is -2.35. The van der Waals surface area contributed by atoms with Crippen LogP contribution in [0.3, 0.4) is 0 Å². The predicted octanol–water partition coefficient (Wildman–Crippen LogP) is 2.51. The molecular weight excluding hydrogens is 358 g/mol. The highest BCUT2D eigenvalue weighted by molar-refractivity contribution is 7.89. The summed E-state index contributed by atoms with van der Waals surface area (Å²) in [6, 6.07) is 9.29. The molecule has 0 bridgehead atoms. The monoisotopic (exact) mass is 379 g/mol. The fourth-order valence-electron chi connectivity index (χ4n) is 2.57. The van der Waals surface area contributed by atoms with Crippen molar-refractivity contribution in [3.8, 4) is 0 Å². The fourth-order valence-corrected chi connectivity index (χ4v) is 4.62. The summed E-state index contributed by atoms with van der Waals surface area (Å²) in [6.45, 7) is 6.84. The molecule has 8 heteroatoms. The molecule has 0 radical (unpaired) electrons. The molecule has 1 N–H and O–H groups in total. The first kappa shape index (κ1) is 17.9. The molecule has 1 aromatic carbocycles. The summed E-state index contributed by atoms with van der Waals surface area (Å²) in [5.41, 5.74) is 1.59. The lowest BCUT2D eigenvalue weighted by atomic mass is 10.2. The Labute approximate surface area is 152 Å². The van der Waals surface area contributed by atoms with Gasteiger partial charge >= 0.3 is 0 Å². The average molecular weight is 380 g/mol. The summed E-state index contributed by atoms with van der Waals surface area (Å²) in [5.74, 6) is 0. The van der Waals surface area contributed by atoms with Crippen molar-refractivity contribution in [2.24, 2.45) is 5.10 Å². The maximum atomic E-state index is 12.4. The van der Waals surface area contributed by atoms with Crippen molar-refractivity contribution in [3.63, 3.8) is 0 Å². The molecular formula is C17H21N3O3S2. The topological polar surface area (TPSA) is 71.0 Å². The van der Waals surface area contributed by atoms with Gasteiger partial charge in [-0.2, -0.15) is 13.5 Å². The first-order valence-electron chi connectivity index (χ1n) is 8.00. The van der Waals surface area contributed by atoms with Crippen LogP contribution in [0.4, 0.5) is 5.00 Å². The minimum Gasteiger partial charge on any atom is -0.378 e. The van der Waals surface area contributed by atoms with Crippen LogP contribution in [0.2, 0.25) is 0 Å². The van der Waals surface area contributed by atoms with E-state index in [4.69, 9.17) is 4.74 Å². The number of aryl methyl sites for hydroxylation is 2. The molecule has 3 rings (SSSR count). The maximum Gasteiger partial charge on any atom is 0.276 e. The molecule has 2 aromatic rings. The standard InChI is InChI=1S/C17H21N3O3S2/c1-13-3-4-14(2)16(11-13)25(21,22)19-18-12-15-5-6-17(24-15)20-7-9-23-10-8-20/h3-6,11-12,19H,7-10H2,1-2H3/b18-12+. The minimum absolute atomic E-state index is 0.254. The molecule has 1 aliphatic rings. The second-order valence-electron chi connectivity index (χ2n) is 5.90. The molecule has 1 saturated heterocycles. The van der Waals surface area contributed by atoms with Crippen LogP contribution >= 0.6 is 11.3 Å². The zero-order valence-corrected chi connectivity index (χ0v) is 15.9. The second-order valence-corrected chi connectivity index (χ2v) is 8.62. The van der Waals surface area contributed by atoms with Crippen molar-refractivity contribution in [2.75, 3.05) is 31.2 Å². The van der Waals surface area contributed by atoms with E-state index >= 15 is 0 Å². The van der Waals surface area contributed by atoms with Crippen molar-refractivity contribution in [3.05, 3.63) is 46.3 Å². The number of hydrazone groups is 1. The maximum absolute atomic E-state index is 12.4. The van der Waals surface area contributed by atoms with Crippen molar-refractivity contribution in [1.82, 2.24) is 4.83 Å². The number of benzene rings is 1. The Morgan fingerprint density at radius 3 is 2.72 bits per heavy atom. The minimum atomic E-state index is -3.67. The Morgan fingerprint density at radius 1 is 1.20 bits per heavy atom. The Kier molecular flexibility index (Phi) is 5.41. The molecule has 0 spiro atoms. The van der Waals surface area contributed by atoms with Crippen LogP contribution in [0, 0.1) is 13.8 Å². The van der Waals surface area contributed by atoms with Gasteiger partial charge < -0.3 is 9.64 Å². The molecule has 0 saturated carbocycles. The van der Waals surface area contributed by atoms with E-state index in [-0.39, 0.29) is 4.90 Å². The summed E-state index contributed by atoms with van der Waals surface area (Å²) in [4.78, 5) is 5.70. The number of hydrogen-bond donors (Lipinski definition) is 1. The van der Waals surface area contributed by atoms with Crippen LogP contribution in [-0.4, -0.2) is 40.9 Å². The lowest BCUT2D eigenvalue weighted by molar-refractivity contribution is 0.123. The number of morpholine rings is 1. The van der Waals surface area contributed by atoms with Crippen LogP contribution in [0.15, 0.2) is 40.3 Å². The number of nitrogens with zero attached hydrogens (tertiary/aromatic N) is 2. The third-order valence-electron chi connectivity index (χ3n) is 3.93. The summed E-state index contributed by atoms with van der Waals surface area (Å²) in [6.07, 6.45) is 1.54. The Morgan fingerprint density at radius 2 is 1.96 bits per heavy atom. The molecule has 1 fully saturated rings. The fraction of sp³-hybridized carbons (Fsp3) is 0.353. The van der Waals surface area contributed by atoms with Crippen LogP contribution in [0.5, 0.6) is 0 Å². The van der Waals surface area contributed by atoms with Crippen LogP contribution in [0.1, 0.15) is 16.0 Å². The third kappa shape index (κ3) is 4.39. The van der Waals surface area contributed by atoms with E-state index in [0.29, 0.717) is 5.56 Å². The van der Waals surface area contributed by atoms with Crippen LogP contribution in [-0.2, 0) is 14.8 Å². The zero-order chi connectivity index (χ0) is 17.9. The van der Waals surface area contributed by atoms with E-state index in [1.165, 1.54) is 6.21 Å². The first-order valence-corrected chi connectivity index (χ1v) is 10.3.